The molecule has 0 heterocycles. The number of nitrogens with two attached hydrogens (primary N) is 1. The van der Waals surface area contributed by atoms with Crippen LogP contribution in [0.1, 0.15) is 20.8 Å². The van der Waals surface area contributed by atoms with Crippen molar-refractivity contribution in [3.05, 3.63) is 11.3 Å². The van der Waals surface area contributed by atoms with Gasteiger partial charge in [0.25, 0.3) is 0 Å². The Kier molecular flexibility index (Phi) is 4.82. The van der Waals surface area contributed by atoms with E-state index in [-0.39, 0.29) is 17.9 Å². The minimum atomic E-state index is -0.723. The van der Waals surface area contributed by atoms with Crippen LogP contribution in [0.3, 0.4) is 0 Å². The van der Waals surface area contributed by atoms with Crippen molar-refractivity contribution in [2.75, 3.05) is 13.7 Å². The van der Waals surface area contributed by atoms with Crippen LogP contribution >= 0.6 is 0 Å². The lowest BCUT2D eigenvalue weighted by Gasteiger charge is -2.19. The highest BCUT2D eigenvalue weighted by Gasteiger charge is 2.21. The third-order valence-electron chi connectivity index (χ3n) is 1.34. The molecule has 0 rings (SSSR count). The molecule has 0 bridgehead atoms. The van der Waals surface area contributed by atoms with Gasteiger partial charge in [-0.15, -0.1) is 0 Å². The molecule has 5 nitrogen and oxygen atoms in total. The summed E-state index contributed by atoms with van der Waals surface area (Å²) in [4.78, 5) is 11.5. The molecule has 0 atom stereocenters. The van der Waals surface area contributed by atoms with Crippen LogP contribution in [0, 0.1) is 11.3 Å². The van der Waals surface area contributed by atoms with Gasteiger partial charge in [-0.3, -0.25) is 0 Å². The highest BCUT2D eigenvalue weighted by molar-refractivity contribution is 5.93. The van der Waals surface area contributed by atoms with E-state index in [1.165, 1.54) is 7.11 Å². The molecule has 0 radical (unpaired) electrons. The molecule has 5 heteroatoms. The molecule has 0 unspecified atom stereocenters. The Balaban J connectivity index is 4.79. The van der Waals surface area contributed by atoms with Crippen molar-refractivity contribution >= 4 is 5.97 Å². The van der Waals surface area contributed by atoms with Gasteiger partial charge in [-0.1, -0.05) is 0 Å². The summed E-state index contributed by atoms with van der Waals surface area (Å²) < 4.78 is 9.73. The quantitative estimate of drug-likeness (QED) is 0.423. The molecule has 0 fully saturated rings. The van der Waals surface area contributed by atoms with Crippen LogP contribution in [0.5, 0.6) is 0 Å². The largest absolute Gasteiger partial charge is 0.456 e. The van der Waals surface area contributed by atoms with Gasteiger partial charge in [0.1, 0.15) is 11.7 Å². The minimum absolute atomic E-state index is 0.0299. The van der Waals surface area contributed by atoms with Crippen molar-refractivity contribution in [3.8, 4) is 6.07 Å². The fourth-order valence-corrected chi connectivity index (χ4v) is 0.805. The number of carbonyl (C=O) groups is 1. The molecule has 0 saturated carbocycles. The lowest BCUT2D eigenvalue weighted by atomic mass is 10.1. The number of hydrogen-bond donors (Lipinski definition) is 1. The van der Waals surface area contributed by atoms with Crippen LogP contribution in [0.15, 0.2) is 11.3 Å². The van der Waals surface area contributed by atoms with Crippen LogP contribution in [-0.2, 0) is 14.3 Å². The van der Waals surface area contributed by atoms with Gasteiger partial charge >= 0.3 is 5.97 Å². The average molecular weight is 212 g/mol. The number of hydrogen-bond acceptors (Lipinski definition) is 5. The number of rotatable bonds is 3. The topological polar surface area (TPSA) is 85.3 Å². The summed E-state index contributed by atoms with van der Waals surface area (Å²) in [5.74, 6) is -0.723. The highest BCUT2D eigenvalue weighted by atomic mass is 16.6. The molecule has 0 spiro atoms. The van der Waals surface area contributed by atoms with E-state index in [1.54, 1.807) is 26.8 Å². The third-order valence-corrected chi connectivity index (χ3v) is 1.34. The summed E-state index contributed by atoms with van der Waals surface area (Å²) in [6.07, 6.45) is 0. The van der Waals surface area contributed by atoms with Crippen molar-refractivity contribution in [2.45, 2.75) is 26.4 Å². The Morgan fingerprint density at radius 1 is 1.47 bits per heavy atom. The van der Waals surface area contributed by atoms with E-state index in [0.29, 0.717) is 0 Å². The molecule has 0 aromatic rings. The maximum Gasteiger partial charge on any atom is 0.351 e. The molecular formula is C10H16N2O3. The van der Waals surface area contributed by atoms with Crippen molar-refractivity contribution < 1.29 is 14.3 Å². The lowest BCUT2D eigenvalue weighted by Crippen LogP contribution is -2.26. The molecule has 0 aliphatic carbocycles. The van der Waals surface area contributed by atoms with E-state index in [0.717, 1.165) is 0 Å². The SMILES string of the molecule is COC/C(N)=C(\C#N)C(=O)OC(C)(C)C. The molecule has 0 amide bonds. The van der Waals surface area contributed by atoms with Gasteiger partial charge in [-0.25, -0.2) is 4.79 Å². The van der Waals surface area contributed by atoms with Gasteiger partial charge in [0.05, 0.1) is 12.3 Å². The fourth-order valence-electron chi connectivity index (χ4n) is 0.805. The molecule has 84 valence electrons. The van der Waals surface area contributed by atoms with E-state index in [1.807, 2.05) is 0 Å². The summed E-state index contributed by atoms with van der Waals surface area (Å²) in [5, 5.41) is 8.75. The number of esters is 1. The second kappa shape index (κ2) is 5.37. The number of methoxy groups -OCH3 is 1. The zero-order valence-corrected chi connectivity index (χ0v) is 9.46. The summed E-state index contributed by atoms with van der Waals surface area (Å²) in [7, 11) is 1.43. The zero-order valence-electron chi connectivity index (χ0n) is 9.46. The number of nitriles is 1. The Morgan fingerprint density at radius 2 is 2.00 bits per heavy atom. The predicted molar refractivity (Wildman–Crippen MR) is 54.5 cm³/mol. The number of carbonyl (C=O) groups excluding carboxylic acids is 1. The highest BCUT2D eigenvalue weighted by Crippen LogP contribution is 2.11. The normalized spacial score (nSPS) is 12.7. The van der Waals surface area contributed by atoms with Crippen molar-refractivity contribution in [3.63, 3.8) is 0 Å². The number of nitrogens with zero attached hydrogens (tertiary/aromatic N) is 1. The van der Waals surface area contributed by atoms with Crippen LogP contribution in [0.2, 0.25) is 0 Å². The van der Waals surface area contributed by atoms with E-state index in [9.17, 15) is 4.79 Å². The number of ether oxygens (including phenoxy) is 2. The van der Waals surface area contributed by atoms with Gasteiger partial charge in [0.2, 0.25) is 0 Å². The Labute approximate surface area is 89.5 Å². The van der Waals surface area contributed by atoms with E-state index >= 15 is 0 Å². The first kappa shape index (κ1) is 13.5. The summed E-state index contributed by atoms with van der Waals surface area (Å²) in [5.41, 5.74) is 4.72. The van der Waals surface area contributed by atoms with Crippen molar-refractivity contribution in [1.29, 1.82) is 5.26 Å². The Morgan fingerprint density at radius 3 is 2.33 bits per heavy atom. The molecule has 2 N–H and O–H groups in total. The van der Waals surface area contributed by atoms with E-state index in [4.69, 9.17) is 20.5 Å². The third kappa shape index (κ3) is 5.03. The molecule has 0 saturated heterocycles. The summed E-state index contributed by atoms with van der Waals surface area (Å²) in [6, 6.07) is 1.71. The first-order valence-corrected chi connectivity index (χ1v) is 4.43. The van der Waals surface area contributed by atoms with Crippen LogP contribution in [0.25, 0.3) is 0 Å². The molecule has 15 heavy (non-hydrogen) atoms. The maximum absolute atomic E-state index is 11.5. The van der Waals surface area contributed by atoms with Crippen molar-refractivity contribution in [1.82, 2.24) is 0 Å². The van der Waals surface area contributed by atoms with Crippen LogP contribution in [-0.4, -0.2) is 25.3 Å². The standard InChI is InChI=1S/C10H16N2O3/c1-10(2,3)15-9(13)7(5-11)8(12)6-14-4/h6,12H2,1-4H3/b8-7-. The molecular weight excluding hydrogens is 196 g/mol. The molecule has 0 aromatic carbocycles. The predicted octanol–water partition coefficient (Wildman–Crippen LogP) is 0.711. The molecule has 0 aliphatic heterocycles. The maximum atomic E-state index is 11.5. The molecule has 0 aliphatic rings. The van der Waals surface area contributed by atoms with Crippen LogP contribution < -0.4 is 5.73 Å². The van der Waals surface area contributed by atoms with E-state index < -0.39 is 11.6 Å². The van der Waals surface area contributed by atoms with Crippen molar-refractivity contribution in [2.24, 2.45) is 5.73 Å². The van der Waals surface area contributed by atoms with Crippen LogP contribution in [0.4, 0.5) is 0 Å². The average Bonchev–Trinajstić information content (AvgIpc) is 2.02. The minimum Gasteiger partial charge on any atom is -0.456 e. The molecule has 0 aromatic heterocycles. The van der Waals surface area contributed by atoms with Gasteiger partial charge in [0.15, 0.2) is 5.57 Å². The second-order valence-electron chi connectivity index (χ2n) is 3.95. The fraction of sp³-hybridized carbons (Fsp3) is 0.600. The first-order valence-electron chi connectivity index (χ1n) is 4.43. The van der Waals surface area contributed by atoms with E-state index in [2.05, 4.69) is 0 Å². The smallest absolute Gasteiger partial charge is 0.351 e. The zero-order chi connectivity index (χ0) is 12.1. The summed E-state index contributed by atoms with van der Waals surface area (Å²) in [6.45, 7) is 5.17. The monoisotopic (exact) mass is 212 g/mol. The summed E-state index contributed by atoms with van der Waals surface area (Å²) >= 11 is 0. The van der Waals surface area contributed by atoms with Gasteiger partial charge in [-0.2, -0.15) is 5.26 Å². The van der Waals surface area contributed by atoms with Gasteiger partial charge in [-0.05, 0) is 20.8 Å². The van der Waals surface area contributed by atoms with Gasteiger partial charge < -0.3 is 15.2 Å². The lowest BCUT2D eigenvalue weighted by molar-refractivity contribution is -0.149. The second-order valence-corrected chi connectivity index (χ2v) is 3.95. The first-order chi connectivity index (χ1) is 6.81. The van der Waals surface area contributed by atoms with Gasteiger partial charge in [0, 0.05) is 7.11 Å². The Bertz CT molecular complexity index is 308. The Hall–Kier alpha value is -1.54.